The molecule has 0 bridgehead atoms. The second-order valence-corrected chi connectivity index (χ2v) is 5.32. The number of hydrogen-bond donors (Lipinski definition) is 2. The fourth-order valence-corrected chi connectivity index (χ4v) is 2.53. The molecule has 23 heavy (non-hydrogen) atoms. The summed E-state index contributed by atoms with van der Waals surface area (Å²) >= 11 is 0. The number of aliphatic hydroxyl groups excluding tert-OH is 2. The molecule has 116 valence electrons. The minimum Gasteiger partial charge on any atom is -0.392 e. The Kier molecular flexibility index (Phi) is 4.71. The summed E-state index contributed by atoms with van der Waals surface area (Å²) in [6.07, 6.45) is 0. The zero-order chi connectivity index (χ0) is 16.1. The van der Waals surface area contributed by atoms with Crippen molar-refractivity contribution >= 4 is 17.1 Å². The van der Waals surface area contributed by atoms with Crippen LogP contribution in [0.5, 0.6) is 0 Å². The van der Waals surface area contributed by atoms with Crippen LogP contribution >= 0.6 is 0 Å². The van der Waals surface area contributed by atoms with Crippen molar-refractivity contribution in [3.63, 3.8) is 0 Å². The van der Waals surface area contributed by atoms with Crippen molar-refractivity contribution in [3.05, 3.63) is 90.0 Å². The molecule has 0 unspecified atom stereocenters. The van der Waals surface area contributed by atoms with Gasteiger partial charge in [-0.15, -0.1) is 0 Å². The predicted octanol–water partition coefficient (Wildman–Crippen LogP) is 4.14. The van der Waals surface area contributed by atoms with Crippen LogP contribution in [0.2, 0.25) is 0 Å². The minimum atomic E-state index is 0.0385. The van der Waals surface area contributed by atoms with Gasteiger partial charge in [-0.2, -0.15) is 0 Å². The zero-order valence-corrected chi connectivity index (χ0v) is 12.8. The summed E-state index contributed by atoms with van der Waals surface area (Å²) in [5.41, 5.74) is 4.87. The summed E-state index contributed by atoms with van der Waals surface area (Å²) in [4.78, 5) is 2.14. The molecule has 0 heterocycles. The van der Waals surface area contributed by atoms with E-state index in [1.807, 2.05) is 66.7 Å². The lowest BCUT2D eigenvalue weighted by Crippen LogP contribution is -2.09. The SMILES string of the molecule is OCc1ccc(N(c2ccccc2)c2ccc(CO)cc2)cc1. The van der Waals surface area contributed by atoms with Crippen molar-refractivity contribution in [3.8, 4) is 0 Å². The van der Waals surface area contributed by atoms with Gasteiger partial charge in [0.05, 0.1) is 13.2 Å². The first-order valence-electron chi connectivity index (χ1n) is 7.56. The number of benzene rings is 3. The average molecular weight is 305 g/mol. The van der Waals surface area contributed by atoms with E-state index in [9.17, 15) is 10.2 Å². The predicted molar refractivity (Wildman–Crippen MR) is 93.0 cm³/mol. The summed E-state index contributed by atoms with van der Waals surface area (Å²) in [5.74, 6) is 0. The van der Waals surface area contributed by atoms with E-state index in [1.54, 1.807) is 0 Å². The molecule has 0 spiro atoms. The van der Waals surface area contributed by atoms with Crippen molar-refractivity contribution in [2.45, 2.75) is 13.2 Å². The van der Waals surface area contributed by atoms with E-state index < -0.39 is 0 Å². The van der Waals surface area contributed by atoms with Gasteiger partial charge < -0.3 is 15.1 Å². The molecule has 0 aliphatic heterocycles. The third-order valence-electron chi connectivity index (χ3n) is 3.77. The molecule has 0 saturated carbocycles. The monoisotopic (exact) mass is 305 g/mol. The smallest absolute Gasteiger partial charge is 0.0681 e. The van der Waals surface area contributed by atoms with Crippen LogP contribution in [0.1, 0.15) is 11.1 Å². The fraction of sp³-hybridized carbons (Fsp3) is 0.100. The lowest BCUT2D eigenvalue weighted by atomic mass is 10.1. The Bertz CT molecular complexity index is 689. The Labute approximate surface area is 136 Å². The topological polar surface area (TPSA) is 43.7 Å². The molecule has 0 aromatic heterocycles. The van der Waals surface area contributed by atoms with Crippen LogP contribution < -0.4 is 4.90 Å². The molecule has 3 aromatic carbocycles. The largest absolute Gasteiger partial charge is 0.392 e. The van der Waals surface area contributed by atoms with Gasteiger partial charge in [-0.3, -0.25) is 0 Å². The quantitative estimate of drug-likeness (QED) is 0.744. The van der Waals surface area contributed by atoms with Crippen LogP contribution in [-0.4, -0.2) is 10.2 Å². The second kappa shape index (κ2) is 7.09. The van der Waals surface area contributed by atoms with Crippen molar-refractivity contribution < 1.29 is 10.2 Å². The maximum absolute atomic E-state index is 9.22. The molecule has 3 heteroatoms. The maximum Gasteiger partial charge on any atom is 0.0681 e. The first-order valence-corrected chi connectivity index (χ1v) is 7.56. The van der Waals surface area contributed by atoms with Gasteiger partial charge in [0.15, 0.2) is 0 Å². The van der Waals surface area contributed by atoms with E-state index >= 15 is 0 Å². The lowest BCUT2D eigenvalue weighted by molar-refractivity contribution is 0.281. The Balaban J connectivity index is 2.05. The molecular weight excluding hydrogens is 286 g/mol. The molecule has 3 rings (SSSR count). The molecule has 2 N–H and O–H groups in total. The first kappa shape index (κ1) is 15.3. The standard InChI is InChI=1S/C20H19NO2/c22-14-16-6-10-19(11-7-16)21(18-4-2-1-3-5-18)20-12-8-17(15-23)9-13-20/h1-13,22-23H,14-15H2. The molecule has 0 amide bonds. The highest BCUT2D eigenvalue weighted by Gasteiger charge is 2.11. The zero-order valence-electron chi connectivity index (χ0n) is 12.8. The van der Waals surface area contributed by atoms with Crippen LogP contribution in [0.3, 0.4) is 0 Å². The summed E-state index contributed by atoms with van der Waals surface area (Å²) in [7, 11) is 0. The summed E-state index contributed by atoms with van der Waals surface area (Å²) in [5, 5.41) is 18.4. The number of hydrogen-bond acceptors (Lipinski definition) is 3. The third kappa shape index (κ3) is 3.42. The summed E-state index contributed by atoms with van der Waals surface area (Å²) in [6, 6.07) is 25.8. The summed E-state index contributed by atoms with van der Waals surface area (Å²) < 4.78 is 0. The maximum atomic E-state index is 9.22. The van der Waals surface area contributed by atoms with Crippen molar-refractivity contribution in [1.82, 2.24) is 0 Å². The molecule has 0 aliphatic rings. The Hall–Kier alpha value is -2.62. The van der Waals surface area contributed by atoms with Crippen LogP contribution in [0.15, 0.2) is 78.9 Å². The van der Waals surface area contributed by atoms with E-state index in [0.717, 1.165) is 28.2 Å². The first-order chi connectivity index (χ1) is 11.3. The van der Waals surface area contributed by atoms with E-state index in [4.69, 9.17) is 0 Å². The van der Waals surface area contributed by atoms with Crippen molar-refractivity contribution in [2.75, 3.05) is 4.90 Å². The second-order valence-electron chi connectivity index (χ2n) is 5.32. The van der Waals surface area contributed by atoms with Gasteiger partial charge in [0.1, 0.15) is 0 Å². The number of nitrogens with zero attached hydrogens (tertiary/aromatic N) is 1. The Morgan fingerprint density at radius 1 is 0.522 bits per heavy atom. The van der Waals surface area contributed by atoms with Crippen LogP contribution in [-0.2, 0) is 13.2 Å². The van der Waals surface area contributed by atoms with Gasteiger partial charge in [-0.1, -0.05) is 42.5 Å². The normalized spacial score (nSPS) is 10.5. The van der Waals surface area contributed by atoms with Crippen molar-refractivity contribution in [2.24, 2.45) is 0 Å². The molecule has 3 aromatic rings. The molecular formula is C20H19NO2. The van der Waals surface area contributed by atoms with E-state index in [0.29, 0.717) is 0 Å². The van der Waals surface area contributed by atoms with E-state index in [1.165, 1.54) is 0 Å². The van der Waals surface area contributed by atoms with Gasteiger partial charge in [0, 0.05) is 17.1 Å². The fourth-order valence-electron chi connectivity index (χ4n) is 2.53. The van der Waals surface area contributed by atoms with Gasteiger partial charge in [-0.05, 0) is 47.5 Å². The number of aliphatic hydroxyl groups is 2. The minimum absolute atomic E-state index is 0.0385. The Morgan fingerprint density at radius 2 is 0.913 bits per heavy atom. The molecule has 0 radical (unpaired) electrons. The molecule has 3 nitrogen and oxygen atoms in total. The highest BCUT2D eigenvalue weighted by molar-refractivity contribution is 5.76. The summed E-state index contributed by atoms with van der Waals surface area (Å²) in [6.45, 7) is 0.0770. The van der Waals surface area contributed by atoms with Gasteiger partial charge in [-0.25, -0.2) is 0 Å². The van der Waals surface area contributed by atoms with E-state index in [2.05, 4.69) is 17.0 Å². The van der Waals surface area contributed by atoms with Crippen LogP contribution in [0, 0.1) is 0 Å². The molecule has 0 fully saturated rings. The third-order valence-corrected chi connectivity index (χ3v) is 3.77. The highest BCUT2D eigenvalue weighted by Crippen LogP contribution is 2.34. The average Bonchev–Trinajstić information content (AvgIpc) is 2.64. The van der Waals surface area contributed by atoms with Gasteiger partial charge in [0.25, 0.3) is 0 Å². The van der Waals surface area contributed by atoms with Crippen LogP contribution in [0.25, 0.3) is 0 Å². The lowest BCUT2D eigenvalue weighted by Gasteiger charge is -2.25. The van der Waals surface area contributed by atoms with Crippen molar-refractivity contribution in [1.29, 1.82) is 0 Å². The highest BCUT2D eigenvalue weighted by atomic mass is 16.3. The molecule has 0 aliphatic carbocycles. The van der Waals surface area contributed by atoms with Gasteiger partial charge >= 0.3 is 0 Å². The number of anilines is 3. The van der Waals surface area contributed by atoms with E-state index in [-0.39, 0.29) is 13.2 Å². The number of para-hydroxylation sites is 1. The molecule has 0 atom stereocenters. The number of rotatable bonds is 5. The van der Waals surface area contributed by atoms with Gasteiger partial charge in [0.2, 0.25) is 0 Å². The van der Waals surface area contributed by atoms with Crippen LogP contribution in [0.4, 0.5) is 17.1 Å². The molecule has 0 saturated heterocycles. The Morgan fingerprint density at radius 3 is 1.30 bits per heavy atom.